The lowest BCUT2D eigenvalue weighted by Crippen LogP contribution is -2.40. The van der Waals surface area contributed by atoms with Crippen LogP contribution in [0.5, 0.6) is 0 Å². The van der Waals surface area contributed by atoms with E-state index in [9.17, 15) is 0 Å². The van der Waals surface area contributed by atoms with Gasteiger partial charge in [-0.1, -0.05) is 0 Å². The summed E-state index contributed by atoms with van der Waals surface area (Å²) in [7, 11) is 0. The summed E-state index contributed by atoms with van der Waals surface area (Å²) in [6.07, 6.45) is 5.17. The molecule has 86 valence electrons. The monoisotopic (exact) mass is 220 g/mol. The van der Waals surface area contributed by atoms with Gasteiger partial charge >= 0.3 is 0 Å². The van der Waals surface area contributed by atoms with Gasteiger partial charge in [0.15, 0.2) is 0 Å². The lowest BCUT2D eigenvalue weighted by molar-refractivity contribution is 0.359. The van der Waals surface area contributed by atoms with Crippen LogP contribution in [-0.4, -0.2) is 11.3 Å². The highest BCUT2D eigenvalue weighted by molar-refractivity contribution is 6.03. The molecule has 2 rings (SSSR count). The van der Waals surface area contributed by atoms with E-state index in [0.29, 0.717) is 5.70 Å². The van der Waals surface area contributed by atoms with Crippen molar-refractivity contribution in [3.05, 3.63) is 11.3 Å². The fourth-order valence-electron chi connectivity index (χ4n) is 2.83. The smallest absolute Gasteiger partial charge is 0.110 e. The van der Waals surface area contributed by atoms with Crippen LogP contribution in [0.1, 0.15) is 38.5 Å². The Labute approximate surface area is 94.0 Å². The number of nitrogens with two attached hydrogens (primary N) is 1. The van der Waals surface area contributed by atoms with Gasteiger partial charge in [-0.3, -0.25) is 0 Å². The zero-order valence-electron chi connectivity index (χ0n) is 9.16. The second-order valence-electron chi connectivity index (χ2n) is 4.36. The van der Waals surface area contributed by atoms with Gasteiger partial charge in [0.05, 0.1) is 11.4 Å². The molecule has 0 spiro atoms. The molecule has 6 heteroatoms. The van der Waals surface area contributed by atoms with Crippen molar-refractivity contribution in [3.63, 3.8) is 0 Å². The molecule has 1 fully saturated rings. The Morgan fingerprint density at radius 1 is 1.12 bits per heavy atom. The van der Waals surface area contributed by atoms with Gasteiger partial charge in [0.1, 0.15) is 5.54 Å². The third-order valence-electron chi connectivity index (χ3n) is 3.56. The van der Waals surface area contributed by atoms with E-state index in [1.807, 2.05) is 0 Å². The summed E-state index contributed by atoms with van der Waals surface area (Å²) in [6, 6.07) is 0. The predicted molar refractivity (Wildman–Crippen MR) is 59.4 cm³/mol. The average Bonchev–Trinajstić information content (AvgIpc) is 2.36. The summed E-state index contributed by atoms with van der Waals surface area (Å²) in [5.41, 5.74) is 16.5. The maximum Gasteiger partial charge on any atom is 0.110 e. The van der Waals surface area contributed by atoms with E-state index < -0.39 is 5.54 Å². The Morgan fingerprint density at radius 3 is 2.38 bits per heavy atom. The molecule has 1 atom stereocenters. The Hall–Kier alpha value is -1.59. The lowest BCUT2D eigenvalue weighted by Gasteiger charge is -2.39. The molecule has 1 unspecified atom stereocenters. The molecule has 1 saturated carbocycles. The molecular formula is C10H16N6. The quantitative estimate of drug-likeness (QED) is 0.371. The Balaban J connectivity index is 2.58. The standard InChI is InChI=1S/C10H16N6/c11-14-7-3-1-5-10(16-13)6-2-4-8(15-12)9(7)10/h11,13H,1-6,12H2. The molecule has 2 aliphatic carbocycles. The van der Waals surface area contributed by atoms with Crippen LogP contribution in [0.4, 0.5) is 0 Å². The fourth-order valence-corrected chi connectivity index (χ4v) is 2.83. The van der Waals surface area contributed by atoms with Crippen LogP contribution in [0.3, 0.4) is 0 Å². The van der Waals surface area contributed by atoms with Gasteiger partial charge in [-0.2, -0.15) is 15.3 Å². The first kappa shape index (κ1) is 10.9. The maximum atomic E-state index is 7.44. The maximum absolute atomic E-state index is 7.44. The number of hydrogen-bond acceptors (Lipinski definition) is 6. The van der Waals surface area contributed by atoms with E-state index in [1.54, 1.807) is 0 Å². The zero-order chi connectivity index (χ0) is 11.6. The van der Waals surface area contributed by atoms with Crippen LogP contribution in [0.25, 0.3) is 0 Å². The minimum atomic E-state index is -0.491. The molecule has 0 aromatic carbocycles. The number of nitrogens with zero attached hydrogens (tertiary/aromatic N) is 3. The largest absolute Gasteiger partial charge is 0.323 e. The first-order chi connectivity index (χ1) is 7.77. The molecule has 0 heterocycles. The molecule has 0 amide bonds. The van der Waals surface area contributed by atoms with Gasteiger partial charge in [0, 0.05) is 5.57 Å². The minimum absolute atomic E-state index is 0.491. The Kier molecular flexibility index (Phi) is 2.80. The Morgan fingerprint density at radius 2 is 1.81 bits per heavy atom. The van der Waals surface area contributed by atoms with Crippen LogP contribution >= 0.6 is 0 Å². The van der Waals surface area contributed by atoms with E-state index in [1.165, 1.54) is 0 Å². The SMILES string of the molecule is N=NC1=C2C(=NN)CCCC2(N=N)CCC1. The van der Waals surface area contributed by atoms with Crippen LogP contribution in [0.2, 0.25) is 0 Å². The third-order valence-corrected chi connectivity index (χ3v) is 3.56. The van der Waals surface area contributed by atoms with Crippen molar-refractivity contribution >= 4 is 5.71 Å². The molecule has 0 radical (unpaired) electrons. The van der Waals surface area contributed by atoms with Crippen molar-refractivity contribution < 1.29 is 0 Å². The summed E-state index contributed by atoms with van der Waals surface area (Å²) < 4.78 is 0. The number of allylic oxidation sites excluding steroid dienone is 1. The summed E-state index contributed by atoms with van der Waals surface area (Å²) in [5, 5.41) is 11.2. The topological polar surface area (TPSA) is 111 Å². The van der Waals surface area contributed by atoms with E-state index in [0.717, 1.165) is 49.8 Å². The molecule has 0 bridgehead atoms. The normalized spacial score (nSPS) is 32.4. The highest BCUT2D eigenvalue weighted by atomic mass is 15.1. The average molecular weight is 220 g/mol. The fraction of sp³-hybridized carbons (Fsp3) is 0.700. The van der Waals surface area contributed by atoms with E-state index in [-0.39, 0.29) is 0 Å². The molecule has 0 saturated heterocycles. The highest BCUT2D eigenvalue weighted by Crippen LogP contribution is 2.44. The molecule has 2 aliphatic rings. The number of nitrogens with one attached hydrogen (secondary N) is 2. The summed E-state index contributed by atoms with van der Waals surface area (Å²) >= 11 is 0. The van der Waals surface area contributed by atoms with Gasteiger partial charge in [-0.05, 0) is 38.5 Å². The summed E-state index contributed by atoms with van der Waals surface area (Å²) in [5.74, 6) is 5.39. The van der Waals surface area contributed by atoms with Crippen molar-refractivity contribution in [2.24, 2.45) is 21.2 Å². The van der Waals surface area contributed by atoms with Gasteiger partial charge in [-0.15, -0.1) is 0 Å². The van der Waals surface area contributed by atoms with Crippen LogP contribution < -0.4 is 5.84 Å². The van der Waals surface area contributed by atoms with E-state index in [4.69, 9.17) is 16.9 Å². The summed E-state index contributed by atoms with van der Waals surface area (Å²) in [4.78, 5) is 0. The number of hydrogen-bond donors (Lipinski definition) is 3. The van der Waals surface area contributed by atoms with Crippen molar-refractivity contribution in [1.29, 1.82) is 11.1 Å². The molecule has 16 heavy (non-hydrogen) atoms. The Bertz CT molecular complexity index is 383. The lowest BCUT2D eigenvalue weighted by atomic mass is 9.69. The molecular weight excluding hydrogens is 204 g/mol. The summed E-state index contributed by atoms with van der Waals surface area (Å²) in [6.45, 7) is 0. The van der Waals surface area contributed by atoms with Crippen LogP contribution in [0.15, 0.2) is 26.6 Å². The molecule has 6 nitrogen and oxygen atoms in total. The number of rotatable bonds is 2. The molecule has 0 aliphatic heterocycles. The van der Waals surface area contributed by atoms with Gasteiger partial charge in [0.2, 0.25) is 0 Å². The van der Waals surface area contributed by atoms with Crippen molar-refractivity contribution in [1.82, 2.24) is 0 Å². The number of fused-ring (bicyclic) bond motifs is 1. The molecule has 4 N–H and O–H groups in total. The first-order valence-electron chi connectivity index (χ1n) is 5.54. The van der Waals surface area contributed by atoms with Crippen LogP contribution in [-0.2, 0) is 0 Å². The van der Waals surface area contributed by atoms with E-state index >= 15 is 0 Å². The third kappa shape index (κ3) is 1.45. The van der Waals surface area contributed by atoms with Gasteiger partial charge in [-0.25, -0.2) is 11.1 Å². The minimum Gasteiger partial charge on any atom is -0.323 e. The first-order valence-corrected chi connectivity index (χ1v) is 5.54. The predicted octanol–water partition coefficient (Wildman–Crippen LogP) is 2.72. The molecule has 0 aromatic heterocycles. The van der Waals surface area contributed by atoms with Crippen LogP contribution in [0, 0.1) is 11.1 Å². The van der Waals surface area contributed by atoms with Crippen molar-refractivity contribution in [3.8, 4) is 0 Å². The number of hydrazone groups is 1. The second kappa shape index (κ2) is 4.11. The van der Waals surface area contributed by atoms with Crippen molar-refractivity contribution in [2.75, 3.05) is 0 Å². The van der Waals surface area contributed by atoms with E-state index in [2.05, 4.69) is 15.3 Å². The van der Waals surface area contributed by atoms with Crippen molar-refractivity contribution in [2.45, 2.75) is 44.1 Å². The zero-order valence-corrected chi connectivity index (χ0v) is 9.16. The van der Waals surface area contributed by atoms with Gasteiger partial charge in [0.25, 0.3) is 0 Å². The molecule has 0 aromatic rings. The second-order valence-corrected chi connectivity index (χ2v) is 4.36. The highest BCUT2D eigenvalue weighted by Gasteiger charge is 2.43. The van der Waals surface area contributed by atoms with Gasteiger partial charge < -0.3 is 5.84 Å².